The van der Waals surface area contributed by atoms with Gasteiger partial charge in [0.1, 0.15) is 11.3 Å². The van der Waals surface area contributed by atoms with Crippen LogP contribution in [-0.4, -0.2) is 19.5 Å². The Morgan fingerprint density at radius 3 is 2.81 bits per heavy atom. The van der Waals surface area contributed by atoms with Crippen LogP contribution in [0.3, 0.4) is 0 Å². The molecule has 32 heavy (non-hydrogen) atoms. The molecule has 0 fully saturated rings. The van der Waals surface area contributed by atoms with E-state index in [2.05, 4.69) is 58.4 Å². The summed E-state index contributed by atoms with van der Waals surface area (Å²) in [7, 11) is 0. The summed E-state index contributed by atoms with van der Waals surface area (Å²) < 4.78 is 17.0. The molecule has 2 aromatic heterocycles. The monoisotopic (exact) mass is 449 g/mol. The van der Waals surface area contributed by atoms with Gasteiger partial charge in [-0.15, -0.1) is 0 Å². The van der Waals surface area contributed by atoms with E-state index in [0.717, 1.165) is 30.6 Å². The van der Waals surface area contributed by atoms with Crippen LogP contribution in [0.5, 0.6) is 0 Å². The van der Waals surface area contributed by atoms with Crippen LogP contribution in [-0.2, 0) is 6.42 Å². The Bertz CT molecular complexity index is 1310. The van der Waals surface area contributed by atoms with Gasteiger partial charge in [-0.05, 0) is 63.3 Å². The normalized spacial score (nSPS) is 15.9. The Kier molecular flexibility index (Phi) is 5.33. The fourth-order valence-corrected chi connectivity index (χ4v) is 4.96. The van der Waals surface area contributed by atoms with Crippen molar-refractivity contribution >= 4 is 28.6 Å². The standard InChI is InChI=1S/C25H25ClFN5/c1-14(2)32-15(3)29-24-20(27)11-17(12-22(24)32)23-19(26)13-28-25(31-23)30-21-10-6-8-16-7-4-5-9-18(16)21/h4-5,7,9,11-14,21H,6,8,10H2,1-3H3,(H,28,30,31). The molecular formula is C25H25ClFN5. The number of benzene rings is 2. The second kappa shape index (κ2) is 8.17. The number of anilines is 1. The zero-order valence-electron chi connectivity index (χ0n) is 18.4. The molecule has 7 heteroatoms. The SMILES string of the molecule is Cc1nc2c(F)cc(-c3nc(NC4CCCc5ccccc54)ncc3Cl)cc2n1C(C)C. The number of nitrogens with zero attached hydrogens (tertiary/aromatic N) is 4. The van der Waals surface area contributed by atoms with E-state index in [4.69, 9.17) is 11.6 Å². The maximum Gasteiger partial charge on any atom is 0.223 e. The zero-order valence-corrected chi connectivity index (χ0v) is 19.1. The van der Waals surface area contributed by atoms with Gasteiger partial charge < -0.3 is 9.88 Å². The molecular weight excluding hydrogens is 425 g/mol. The summed E-state index contributed by atoms with van der Waals surface area (Å²) in [4.78, 5) is 13.5. The minimum atomic E-state index is -0.384. The van der Waals surface area contributed by atoms with Crippen LogP contribution in [0.2, 0.25) is 5.02 Å². The molecule has 1 aliphatic carbocycles. The Hall–Kier alpha value is -2.99. The number of rotatable bonds is 4. The number of hydrogen-bond acceptors (Lipinski definition) is 4. The van der Waals surface area contributed by atoms with Gasteiger partial charge in [0.15, 0.2) is 5.82 Å². The molecule has 0 radical (unpaired) electrons. The molecule has 1 N–H and O–H groups in total. The highest BCUT2D eigenvalue weighted by Crippen LogP contribution is 2.34. The maximum atomic E-state index is 15.0. The van der Waals surface area contributed by atoms with Crippen molar-refractivity contribution in [3.8, 4) is 11.3 Å². The molecule has 2 heterocycles. The first kappa shape index (κ1) is 20.9. The van der Waals surface area contributed by atoms with Crippen molar-refractivity contribution in [3.05, 3.63) is 70.4 Å². The van der Waals surface area contributed by atoms with E-state index in [0.29, 0.717) is 27.7 Å². The molecule has 0 saturated carbocycles. The number of aromatic nitrogens is 4. The summed E-state index contributed by atoms with van der Waals surface area (Å²) in [6.45, 7) is 6.00. The van der Waals surface area contributed by atoms with E-state index in [-0.39, 0.29) is 17.9 Å². The van der Waals surface area contributed by atoms with Crippen molar-refractivity contribution in [2.75, 3.05) is 5.32 Å². The lowest BCUT2D eigenvalue weighted by Gasteiger charge is -2.26. The summed E-state index contributed by atoms with van der Waals surface area (Å²) in [5.74, 6) is 0.878. The predicted molar refractivity (Wildman–Crippen MR) is 127 cm³/mol. The first-order chi connectivity index (χ1) is 15.4. The zero-order chi connectivity index (χ0) is 22.4. The third-order valence-electron chi connectivity index (χ3n) is 6.13. The summed E-state index contributed by atoms with van der Waals surface area (Å²) in [6, 6.07) is 12.1. The Morgan fingerprint density at radius 2 is 2.00 bits per heavy atom. The van der Waals surface area contributed by atoms with Crippen LogP contribution >= 0.6 is 11.6 Å². The highest BCUT2D eigenvalue weighted by atomic mass is 35.5. The maximum absolute atomic E-state index is 15.0. The van der Waals surface area contributed by atoms with Crippen LogP contribution in [0.15, 0.2) is 42.6 Å². The van der Waals surface area contributed by atoms with Gasteiger partial charge in [0.2, 0.25) is 5.95 Å². The van der Waals surface area contributed by atoms with E-state index in [9.17, 15) is 4.39 Å². The second-order valence-corrected chi connectivity index (χ2v) is 9.03. The molecule has 0 aliphatic heterocycles. The van der Waals surface area contributed by atoms with Crippen LogP contribution in [0.25, 0.3) is 22.3 Å². The smallest absolute Gasteiger partial charge is 0.223 e. The van der Waals surface area contributed by atoms with Gasteiger partial charge in [-0.2, -0.15) is 0 Å². The van der Waals surface area contributed by atoms with Crippen molar-refractivity contribution < 1.29 is 4.39 Å². The van der Waals surface area contributed by atoms with Crippen LogP contribution in [0.1, 0.15) is 55.7 Å². The highest BCUT2D eigenvalue weighted by molar-refractivity contribution is 6.33. The molecule has 5 rings (SSSR count). The lowest BCUT2D eigenvalue weighted by atomic mass is 9.88. The van der Waals surface area contributed by atoms with E-state index >= 15 is 0 Å². The van der Waals surface area contributed by atoms with Gasteiger partial charge in [0.05, 0.1) is 28.5 Å². The van der Waals surface area contributed by atoms with E-state index in [1.165, 1.54) is 17.2 Å². The van der Waals surface area contributed by atoms with Crippen molar-refractivity contribution in [1.29, 1.82) is 0 Å². The number of halogens is 2. The second-order valence-electron chi connectivity index (χ2n) is 8.63. The largest absolute Gasteiger partial charge is 0.347 e. The molecule has 0 saturated heterocycles. The molecule has 1 aliphatic rings. The lowest BCUT2D eigenvalue weighted by Crippen LogP contribution is -2.18. The number of hydrogen-bond donors (Lipinski definition) is 1. The Morgan fingerprint density at radius 1 is 1.19 bits per heavy atom. The third kappa shape index (κ3) is 3.62. The minimum absolute atomic E-state index is 0.137. The van der Waals surface area contributed by atoms with Crippen molar-refractivity contribution in [1.82, 2.24) is 19.5 Å². The fraction of sp³-hybridized carbons (Fsp3) is 0.320. The lowest BCUT2D eigenvalue weighted by molar-refractivity contribution is 0.596. The number of imidazole rings is 1. The molecule has 1 atom stereocenters. The van der Waals surface area contributed by atoms with Gasteiger partial charge in [-0.1, -0.05) is 35.9 Å². The highest BCUT2D eigenvalue weighted by Gasteiger charge is 2.22. The molecule has 164 valence electrons. The summed E-state index contributed by atoms with van der Waals surface area (Å²) in [6.07, 6.45) is 4.78. The van der Waals surface area contributed by atoms with Gasteiger partial charge in [0.25, 0.3) is 0 Å². The van der Waals surface area contributed by atoms with Crippen LogP contribution in [0.4, 0.5) is 10.3 Å². The van der Waals surface area contributed by atoms with Crippen LogP contribution in [0, 0.1) is 12.7 Å². The third-order valence-corrected chi connectivity index (χ3v) is 6.41. The van der Waals surface area contributed by atoms with Crippen molar-refractivity contribution in [3.63, 3.8) is 0 Å². The van der Waals surface area contributed by atoms with Gasteiger partial charge in [0, 0.05) is 11.6 Å². The van der Waals surface area contributed by atoms with Gasteiger partial charge >= 0.3 is 0 Å². The fourth-order valence-electron chi connectivity index (χ4n) is 4.76. The molecule has 2 aromatic carbocycles. The summed E-state index contributed by atoms with van der Waals surface area (Å²) in [5.41, 5.74) is 4.85. The first-order valence-corrected chi connectivity index (χ1v) is 11.4. The Balaban J connectivity index is 1.55. The number of aryl methyl sites for hydroxylation is 2. The number of nitrogens with one attached hydrogen (secondary N) is 1. The molecule has 1 unspecified atom stereocenters. The average molecular weight is 450 g/mol. The van der Waals surface area contributed by atoms with Crippen molar-refractivity contribution in [2.45, 2.75) is 52.1 Å². The molecule has 0 amide bonds. The quantitative estimate of drug-likeness (QED) is 0.378. The average Bonchev–Trinajstić information content (AvgIpc) is 3.12. The number of fused-ring (bicyclic) bond motifs is 2. The molecule has 0 spiro atoms. The molecule has 5 nitrogen and oxygen atoms in total. The molecule has 0 bridgehead atoms. The Labute approximate surface area is 191 Å². The first-order valence-electron chi connectivity index (χ1n) is 11.0. The van der Waals surface area contributed by atoms with E-state index < -0.39 is 0 Å². The minimum Gasteiger partial charge on any atom is -0.347 e. The van der Waals surface area contributed by atoms with Gasteiger partial charge in [-0.3, -0.25) is 0 Å². The summed E-state index contributed by atoms with van der Waals surface area (Å²) >= 11 is 6.47. The molecule has 4 aromatic rings. The van der Waals surface area contributed by atoms with E-state index in [1.54, 1.807) is 6.20 Å². The summed E-state index contributed by atoms with van der Waals surface area (Å²) in [5, 5.41) is 3.85. The van der Waals surface area contributed by atoms with E-state index in [1.807, 2.05) is 17.6 Å². The van der Waals surface area contributed by atoms with Crippen LogP contribution < -0.4 is 5.32 Å². The van der Waals surface area contributed by atoms with Crippen molar-refractivity contribution in [2.24, 2.45) is 0 Å². The predicted octanol–water partition coefficient (Wildman–Crippen LogP) is 6.66. The van der Waals surface area contributed by atoms with Gasteiger partial charge in [-0.25, -0.2) is 19.3 Å². The topological polar surface area (TPSA) is 55.6 Å².